The van der Waals surface area contributed by atoms with Crippen LogP contribution in [0.5, 0.6) is 0 Å². The number of fused-ring (bicyclic) bond motifs is 5. The Morgan fingerprint density at radius 1 is 0.909 bits per heavy atom. The molecular formula is C30H52O3. The standard InChI is InChI=1S/C30H52O3/c1-20(19-31)9-8-15-30(7,33)22-12-17-28(5)21(22)10-11-24-27(4)16-14-25(32)26(2,3)23(27)13-18-29(24,28)6/h9,21-25,31-33H,8,10-19H2,1-7H3/b20-9+/t21-,22+,23+,24-,25+,27+,28-,29-,30+/m1/s1. The summed E-state index contributed by atoms with van der Waals surface area (Å²) in [6, 6.07) is 0. The summed E-state index contributed by atoms with van der Waals surface area (Å²) >= 11 is 0. The Hall–Kier alpha value is -0.380. The van der Waals surface area contributed by atoms with Crippen molar-refractivity contribution in [1.29, 1.82) is 0 Å². The van der Waals surface area contributed by atoms with Crippen molar-refractivity contribution < 1.29 is 15.3 Å². The smallest absolute Gasteiger partial charge is 0.0653 e. The van der Waals surface area contributed by atoms with E-state index in [4.69, 9.17) is 0 Å². The molecule has 0 heterocycles. The van der Waals surface area contributed by atoms with Crippen LogP contribution in [-0.4, -0.2) is 33.6 Å². The summed E-state index contributed by atoms with van der Waals surface area (Å²) in [6.07, 6.45) is 13.1. The van der Waals surface area contributed by atoms with E-state index in [0.29, 0.717) is 28.6 Å². The highest BCUT2D eigenvalue weighted by Gasteiger charge is 2.69. The van der Waals surface area contributed by atoms with E-state index in [1.165, 1.54) is 38.5 Å². The average Bonchev–Trinajstić information content (AvgIpc) is 3.10. The molecule has 0 radical (unpaired) electrons. The number of hydrogen-bond acceptors (Lipinski definition) is 3. The maximum atomic E-state index is 11.6. The fourth-order valence-corrected chi connectivity index (χ4v) is 10.3. The van der Waals surface area contributed by atoms with Gasteiger partial charge in [0.15, 0.2) is 0 Å². The molecule has 4 aliphatic carbocycles. The lowest BCUT2D eigenvalue weighted by Gasteiger charge is -2.70. The van der Waals surface area contributed by atoms with Gasteiger partial charge < -0.3 is 15.3 Å². The molecule has 0 saturated heterocycles. The van der Waals surface area contributed by atoms with Crippen molar-refractivity contribution in [3.63, 3.8) is 0 Å². The average molecular weight is 461 g/mol. The minimum Gasteiger partial charge on any atom is -0.393 e. The van der Waals surface area contributed by atoms with Crippen molar-refractivity contribution in [2.24, 2.45) is 45.3 Å². The molecule has 0 unspecified atom stereocenters. The Kier molecular flexibility index (Phi) is 6.50. The van der Waals surface area contributed by atoms with Crippen LogP contribution in [0.15, 0.2) is 11.6 Å². The van der Waals surface area contributed by atoms with Crippen LogP contribution in [-0.2, 0) is 0 Å². The van der Waals surface area contributed by atoms with Gasteiger partial charge in [0.1, 0.15) is 0 Å². The van der Waals surface area contributed by atoms with Gasteiger partial charge in [-0.1, -0.05) is 46.3 Å². The zero-order valence-corrected chi connectivity index (χ0v) is 22.6. The zero-order chi connectivity index (χ0) is 24.4. The second-order valence-corrected chi connectivity index (χ2v) is 14.3. The maximum Gasteiger partial charge on any atom is 0.0653 e. The lowest BCUT2D eigenvalue weighted by atomic mass is 9.35. The van der Waals surface area contributed by atoms with Crippen LogP contribution in [0.25, 0.3) is 0 Å². The monoisotopic (exact) mass is 460 g/mol. The number of aliphatic hydroxyl groups is 3. The first-order chi connectivity index (χ1) is 15.2. The first-order valence-electron chi connectivity index (χ1n) is 13.9. The molecule has 9 atom stereocenters. The van der Waals surface area contributed by atoms with Gasteiger partial charge in [0.25, 0.3) is 0 Å². The van der Waals surface area contributed by atoms with Gasteiger partial charge in [0, 0.05) is 0 Å². The van der Waals surface area contributed by atoms with Gasteiger partial charge >= 0.3 is 0 Å². The van der Waals surface area contributed by atoms with Crippen LogP contribution in [0.3, 0.4) is 0 Å². The first-order valence-corrected chi connectivity index (χ1v) is 13.9. The molecule has 4 rings (SSSR count). The molecule has 3 nitrogen and oxygen atoms in total. The van der Waals surface area contributed by atoms with Crippen molar-refractivity contribution >= 4 is 0 Å². The Morgan fingerprint density at radius 3 is 2.24 bits per heavy atom. The number of aliphatic hydroxyl groups excluding tert-OH is 2. The summed E-state index contributed by atoms with van der Waals surface area (Å²) in [5.41, 5.74) is 1.29. The number of rotatable bonds is 5. The third-order valence-electron chi connectivity index (χ3n) is 12.6. The molecule has 0 amide bonds. The molecule has 0 spiro atoms. The normalized spacial score (nSPS) is 49.0. The molecule has 0 aromatic carbocycles. The van der Waals surface area contributed by atoms with Crippen LogP contribution in [0.1, 0.15) is 113 Å². The van der Waals surface area contributed by atoms with Crippen LogP contribution >= 0.6 is 0 Å². The summed E-state index contributed by atoms with van der Waals surface area (Å²) in [7, 11) is 0. The predicted molar refractivity (Wildman–Crippen MR) is 136 cm³/mol. The fourth-order valence-electron chi connectivity index (χ4n) is 10.3. The second-order valence-electron chi connectivity index (χ2n) is 14.3. The molecule has 0 bridgehead atoms. The molecule has 33 heavy (non-hydrogen) atoms. The molecule has 3 heteroatoms. The molecule has 0 aromatic heterocycles. The van der Waals surface area contributed by atoms with Gasteiger partial charge in [0.2, 0.25) is 0 Å². The van der Waals surface area contributed by atoms with Gasteiger partial charge in [-0.2, -0.15) is 0 Å². The van der Waals surface area contributed by atoms with Gasteiger partial charge in [-0.15, -0.1) is 0 Å². The first kappa shape index (κ1) is 25.7. The van der Waals surface area contributed by atoms with E-state index >= 15 is 0 Å². The highest BCUT2D eigenvalue weighted by atomic mass is 16.3. The lowest BCUT2D eigenvalue weighted by molar-refractivity contribution is -0.225. The molecule has 4 fully saturated rings. The molecule has 190 valence electrons. The second kappa shape index (κ2) is 8.34. The SMILES string of the molecule is C/C(=C\CC[C@](C)(O)[C@H]1CC[C@]2(C)[C@@H]1CC[C@@H]1[C@@]3(C)CC[C@H](O)C(C)(C)[C@@H]3CC[C@]12C)CO. The van der Waals surface area contributed by atoms with E-state index in [-0.39, 0.29) is 23.5 Å². The summed E-state index contributed by atoms with van der Waals surface area (Å²) in [5, 5.41) is 31.8. The molecule has 3 N–H and O–H groups in total. The zero-order valence-electron chi connectivity index (χ0n) is 22.6. The Bertz CT molecular complexity index is 769. The van der Waals surface area contributed by atoms with Crippen molar-refractivity contribution in [2.75, 3.05) is 6.61 Å². The van der Waals surface area contributed by atoms with Gasteiger partial charge in [-0.05, 0) is 123 Å². The predicted octanol–water partition coefficient (Wildman–Crippen LogP) is 6.50. The van der Waals surface area contributed by atoms with Gasteiger partial charge in [0.05, 0.1) is 18.3 Å². The van der Waals surface area contributed by atoms with Gasteiger partial charge in [-0.3, -0.25) is 0 Å². The number of hydrogen-bond donors (Lipinski definition) is 3. The summed E-state index contributed by atoms with van der Waals surface area (Å²) in [5.74, 6) is 2.29. The van der Waals surface area contributed by atoms with Gasteiger partial charge in [-0.25, -0.2) is 0 Å². The molecule has 4 aliphatic rings. The van der Waals surface area contributed by atoms with Crippen LogP contribution in [0.4, 0.5) is 0 Å². The minimum absolute atomic E-state index is 0.00812. The van der Waals surface area contributed by atoms with E-state index in [1.54, 1.807) is 0 Å². The van der Waals surface area contributed by atoms with Crippen LogP contribution in [0, 0.1) is 45.3 Å². The van der Waals surface area contributed by atoms with Crippen molar-refractivity contribution in [3.05, 3.63) is 11.6 Å². The highest BCUT2D eigenvalue weighted by Crippen LogP contribution is 2.75. The van der Waals surface area contributed by atoms with E-state index in [0.717, 1.165) is 37.2 Å². The van der Waals surface area contributed by atoms with E-state index in [9.17, 15) is 15.3 Å². The van der Waals surface area contributed by atoms with E-state index < -0.39 is 5.60 Å². The van der Waals surface area contributed by atoms with Crippen molar-refractivity contribution in [3.8, 4) is 0 Å². The summed E-state index contributed by atoms with van der Waals surface area (Å²) in [6.45, 7) is 16.6. The molecule has 0 aliphatic heterocycles. The van der Waals surface area contributed by atoms with E-state index in [2.05, 4.69) is 47.6 Å². The largest absolute Gasteiger partial charge is 0.393 e. The Balaban J connectivity index is 1.59. The Labute approximate surface area is 203 Å². The maximum absolute atomic E-state index is 11.6. The van der Waals surface area contributed by atoms with Crippen molar-refractivity contribution in [1.82, 2.24) is 0 Å². The van der Waals surface area contributed by atoms with Crippen LogP contribution in [0.2, 0.25) is 0 Å². The topological polar surface area (TPSA) is 60.7 Å². The summed E-state index contributed by atoms with van der Waals surface area (Å²) in [4.78, 5) is 0. The third-order valence-corrected chi connectivity index (χ3v) is 12.6. The van der Waals surface area contributed by atoms with Crippen molar-refractivity contribution in [2.45, 2.75) is 124 Å². The lowest BCUT2D eigenvalue weighted by Crippen LogP contribution is -2.64. The Morgan fingerprint density at radius 2 is 1.58 bits per heavy atom. The van der Waals surface area contributed by atoms with E-state index in [1.807, 2.05) is 6.92 Å². The molecule has 0 aromatic rings. The fraction of sp³-hybridized carbons (Fsp3) is 0.933. The molecular weight excluding hydrogens is 408 g/mol. The summed E-state index contributed by atoms with van der Waals surface area (Å²) < 4.78 is 0. The third kappa shape index (κ3) is 3.70. The number of allylic oxidation sites excluding steroid dienone is 1. The molecule has 4 saturated carbocycles. The minimum atomic E-state index is -0.643. The van der Waals surface area contributed by atoms with Crippen LogP contribution < -0.4 is 0 Å². The highest BCUT2D eigenvalue weighted by molar-refractivity contribution is 5.18. The quantitative estimate of drug-likeness (QED) is 0.410.